The van der Waals surface area contributed by atoms with Gasteiger partial charge in [0.05, 0.1) is 17.2 Å². The maximum atomic E-state index is 12.4. The minimum Gasteiger partial charge on any atom is -0.507 e. The summed E-state index contributed by atoms with van der Waals surface area (Å²) in [6.45, 7) is 6.32. The Hall–Kier alpha value is -2.38. The molecule has 2 aromatic rings. The van der Waals surface area contributed by atoms with Gasteiger partial charge in [0, 0.05) is 31.9 Å². The van der Waals surface area contributed by atoms with Crippen LogP contribution in [0.5, 0.6) is 11.5 Å². The van der Waals surface area contributed by atoms with Crippen molar-refractivity contribution < 1.29 is 18.3 Å². The molecule has 0 aliphatic carbocycles. The highest BCUT2D eigenvalue weighted by Gasteiger charge is 2.19. The maximum absolute atomic E-state index is 12.4. The first-order valence-corrected chi connectivity index (χ1v) is 10.1. The summed E-state index contributed by atoms with van der Waals surface area (Å²) < 4.78 is 31.5. The Morgan fingerprint density at radius 3 is 2.48 bits per heavy atom. The van der Waals surface area contributed by atoms with E-state index in [4.69, 9.17) is 4.74 Å². The molecule has 0 atom stereocenters. The van der Waals surface area contributed by atoms with Gasteiger partial charge in [0.15, 0.2) is 0 Å². The third-order valence-corrected chi connectivity index (χ3v) is 6.00. The van der Waals surface area contributed by atoms with Crippen LogP contribution in [-0.2, 0) is 10.0 Å². The van der Waals surface area contributed by atoms with Crippen molar-refractivity contribution >= 4 is 21.9 Å². The van der Waals surface area contributed by atoms with E-state index in [9.17, 15) is 13.5 Å². The smallest absolute Gasteiger partial charge is 0.242 e. The van der Waals surface area contributed by atoms with Crippen LogP contribution in [0.15, 0.2) is 40.2 Å². The van der Waals surface area contributed by atoms with E-state index in [0.717, 1.165) is 17.5 Å². The Morgan fingerprint density at radius 2 is 1.89 bits per heavy atom. The average Bonchev–Trinajstić information content (AvgIpc) is 2.61. The Balaban J connectivity index is 2.38. The van der Waals surface area contributed by atoms with Crippen LogP contribution >= 0.6 is 0 Å². The lowest BCUT2D eigenvalue weighted by atomic mass is 10.1. The molecule has 2 aromatic carbocycles. The van der Waals surface area contributed by atoms with Gasteiger partial charge in [-0.05, 0) is 55.7 Å². The zero-order valence-corrected chi connectivity index (χ0v) is 17.2. The van der Waals surface area contributed by atoms with Gasteiger partial charge in [-0.25, -0.2) is 12.7 Å². The van der Waals surface area contributed by atoms with Crippen molar-refractivity contribution in [2.75, 3.05) is 20.7 Å². The molecule has 0 aromatic heterocycles. The van der Waals surface area contributed by atoms with Crippen LogP contribution in [0.1, 0.15) is 30.0 Å². The molecule has 0 saturated heterocycles. The number of ether oxygens (including phenoxy) is 1. The minimum atomic E-state index is -3.55. The summed E-state index contributed by atoms with van der Waals surface area (Å²) in [7, 11) is -0.563. The first-order chi connectivity index (χ1) is 12.7. The van der Waals surface area contributed by atoms with Gasteiger partial charge in [0.2, 0.25) is 10.0 Å². The first-order valence-electron chi connectivity index (χ1n) is 8.70. The molecule has 7 heteroatoms. The second-order valence-electron chi connectivity index (χ2n) is 6.50. The monoisotopic (exact) mass is 390 g/mol. The van der Waals surface area contributed by atoms with Crippen molar-refractivity contribution in [2.45, 2.75) is 32.1 Å². The van der Waals surface area contributed by atoms with Gasteiger partial charge >= 0.3 is 0 Å². The van der Waals surface area contributed by atoms with Gasteiger partial charge in [-0.15, -0.1) is 0 Å². The lowest BCUT2D eigenvalue weighted by molar-refractivity contribution is 0.315. The molecule has 0 radical (unpaired) electrons. The van der Waals surface area contributed by atoms with Gasteiger partial charge in [-0.2, -0.15) is 0 Å². The molecule has 0 spiro atoms. The van der Waals surface area contributed by atoms with E-state index >= 15 is 0 Å². The molecule has 0 aliphatic rings. The standard InChI is InChI=1S/C20H26N2O4S/c1-6-9-26-17-8-7-16(20(23)11-17)13-21-19-12-18(10-14(2)15(19)3)27(24,25)22(4)5/h7-8,10-13,23H,6,9H2,1-5H3. The normalized spacial score (nSPS) is 12.1. The highest BCUT2D eigenvalue weighted by atomic mass is 32.2. The molecule has 0 heterocycles. The summed E-state index contributed by atoms with van der Waals surface area (Å²) in [4.78, 5) is 4.60. The van der Waals surface area contributed by atoms with Crippen LogP contribution < -0.4 is 4.74 Å². The van der Waals surface area contributed by atoms with Gasteiger partial charge in [-0.3, -0.25) is 4.99 Å². The molecule has 0 fully saturated rings. The van der Waals surface area contributed by atoms with E-state index in [1.807, 2.05) is 20.8 Å². The molecule has 0 bridgehead atoms. The molecule has 0 unspecified atom stereocenters. The number of rotatable bonds is 7. The van der Waals surface area contributed by atoms with Gasteiger partial charge in [-0.1, -0.05) is 6.92 Å². The van der Waals surface area contributed by atoms with Crippen molar-refractivity contribution in [3.63, 3.8) is 0 Å². The number of hydrogen-bond donors (Lipinski definition) is 1. The summed E-state index contributed by atoms with van der Waals surface area (Å²) in [6.07, 6.45) is 2.40. The molecular formula is C20H26N2O4S. The molecule has 1 N–H and O–H groups in total. The van der Waals surface area contributed by atoms with E-state index in [-0.39, 0.29) is 10.6 Å². The van der Waals surface area contributed by atoms with Crippen LogP contribution in [0.25, 0.3) is 0 Å². The van der Waals surface area contributed by atoms with E-state index in [1.54, 1.807) is 30.3 Å². The summed E-state index contributed by atoms with van der Waals surface area (Å²) in [5.74, 6) is 0.649. The van der Waals surface area contributed by atoms with Crippen LogP contribution in [0.4, 0.5) is 5.69 Å². The lowest BCUT2D eigenvalue weighted by Crippen LogP contribution is -2.22. The summed E-state index contributed by atoms with van der Waals surface area (Å²) >= 11 is 0. The Morgan fingerprint density at radius 1 is 1.19 bits per heavy atom. The Bertz CT molecular complexity index is 951. The van der Waals surface area contributed by atoms with E-state index in [1.165, 1.54) is 24.6 Å². The van der Waals surface area contributed by atoms with Crippen molar-refractivity contribution in [1.29, 1.82) is 0 Å². The van der Waals surface area contributed by atoms with Gasteiger partial charge in [0.25, 0.3) is 0 Å². The lowest BCUT2D eigenvalue weighted by Gasteiger charge is -2.14. The highest BCUT2D eigenvalue weighted by Crippen LogP contribution is 2.29. The number of aryl methyl sites for hydroxylation is 1. The molecule has 0 aliphatic heterocycles. The number of phenols is 1. The molecule has 0 saturated carbocycles. The fraction of sp³-hybridized carbons (Fsp3) is 0.350. The van der Waals surface area contributed by atoms with Crippen molar-refractivity contribution in [3.05, 3.63) is 47.0 Å². The largest absolute Gasteiger partial charge is 0.507 e. The molecule has 146 valence electrons. The SMILES string of the molecule is CCCOc1ccc(C=Nc2cc(S(=O)(=O)N(C)C)cc(C)c2C)c(O)c1. The topological polar surface area (TPSA) is 79.2 Å². The molecule has 6 nitrogen and oxygen atoms in total. The Labute approximate surface area is 161 Å². The number of phenolic OH excluding ortho intramolecular Hbond substituents is 1. The predicted octanol–water partition coefficient (Wildman–Crippen LogP) is 3.80. The van der Waals surface area contributed by atoms with Crippen LogP contribution in [0, 0.1) is 13.8 Å². The summed E-state index contributed by atoms with van der Waals surface area (Å²) in [5, 5.41) is 10.2. The second kappa shape index (κ2) is 8.54. The quantitative estimate of drug-likeness (QED) is 0.730. The number of hydrogen-bond acceptors (Lipinski definition) is 5. The van der Waals surface area contributed by atoms with Crippen molar-refractivity contribution in [2.24, 2.45) is 4.99 Å². The average molecular weight is 391 g/mol. The zero-order valence-electron chi connectivity index (χ0n) is 16.4. The number of benzene rings is 2. The van der Waals surface area contributed by atoms with Crippen LogP contribution in [0.3, 0.4) is 0 Å². The third kappa shape index (κ3) is 4.87. The third-order valence-electron chi connectivity index (χ3n) is 4.21. The second-order valence-corrected chi connectivity index (χ2v) is 8.65. The molecular weight excluding hydrogens is 364 g/mol. The van der Waals surface area contributed by atoms with Crippen LogP contribution in [0.2, 0.25) is 0 Å². The minimum absolute atomic E-state index is 0.0544. The Kier molecular flexibility index (Phi) is 6.62. The summed E-state index contributed by atoms with van der Waals surface area (Å²) in [5.41, 5.74) is 2.78. The summed E-state index contributed by atoms with van der Waals surface area (Å²) in [6, 6.07) is 8.21. The molecule has 2 rings (SSSR count). The van der Waals surface area contributed by atoms with E-state index < -0.39 is 10.0 Å². The van der Waals surface area contributed by atoms with Crippen molar-refractivity contribution in [1.82, 2.24) is 4.31 Å². The van der Waals surface area contributed by atoms with E-state index in [2.05, 4.69) is 4.99 Å². The van der Waals surface area contributed by atoms with E-state index in [0.29, 0.717) is 23.6 Å². The number of aliphatic imine (C=N–C) groups is 1. The first kappa shape index (κ1) is 20.9. The zero-order chi connectivity index (χ0) is 20.2. The molecule has 0 amide bonds. The fourth-order valence-electron chi connectivity index (χ4n) is 2.38. The van der Waals surface area contributed by atoms with Gasteiger partial charge < -0.3 is 9.84 Å². The van der Waals surface area contributed by atoms with Crippen LogP contribution in [-0.4, -0.2) is 44.7 Å². The number of aromatic hydroxyl groups is 1. The van der Waals surface area contributed by atoms with Gasteiger partial charge in [0.1, 0.15) is 11.5 Å². The molecule has 27 heavy (non-hydrogen) atoms. The fourth-order valence-corrected chi connectivity index (χ4v) is 3.39. The predicted molar refractivity (Wildman–Crippen MR) is 108 cm³/mol. The maximum Gasteiger partial charge on any atom is 0.242 e. The number of sulfonamides is 1. The van der Waals surface area contributed by atoms with Crippen molar-refractivity contribution in [3.8, 4) is 11.5 Å². The number of nitrogens with zero attached hydrogens (tertiary/aromatic N) is 2. The highest BCUT2D eigenvalue weighted by molar-refractivity contribution is 7.89.